The molecule has 166 valence electrons. The normalized spacial score (nSPS) is 12.8. The van der Waals surface area contributed by atoms with Crippen molar-refractivity contribution in [3.8, 4) is 5.75 Å². The van der Waals surface area contributed by atoms with Crippen LogP contribution in [0.15, 0.2) is 66.0 Å². The number of nitrogens with zero attached hydrogens (tertiary/aromatic N) is 3. The Labute approximate surface area is 185 Å². The van der Waals surface area contributed by atoms with E-state index in [-0.39, 0.29) is 11.2 Å². The number of para-hydroxylation sites is 1. The lowest BCUT2D eigenvalue weighted by Crippen LogP contribution is -2.24. The molecule has 0 spiro atoms. The van der Waals surface area contributed by atoms with Crippen molar-refractivity contribution in [3.05, 3.63) is 77.6 Å². The molecule has 0 fully saturated rings. The molecule has 0 saturated carbocycles. The Morgan fingerprint density at radius 1 is 1.10 bits per heavy atom. The SMILES string of the molecule is COc1ccccc1C(C)N(C)Cc1cnc(S(C)(=O)=O)n1CCCc1ccccc1. The number of hydrogen-bond acceptors (Lipinski definition) is 5. The van der Waals surface area contributed by atoms with E-state index < -0.39 is 9.84 Å². The van der Waals surface area contributed by atoms with Crippen LogP contribution in [0.3, 0.4) is 0 Å². The number of aryl methyl sites for hydroxylation is 1. The first-order valence-electron chi connectivity index (χ1n) is 10.4. The lowest BCUT2D eigenvalue weighted by molar-refractivity contribution is 0.240. The molecule has 1 heterocycles. The van der Waals surface area contributed by atoms with Gasteiger partial charge >= 0.3 is 0 Å². The number of ether oxygens (including phenoxy) is 1. The zero-order valence-corrected chi connectivity index (χ0v) is 19.5. The molecule has 0 aliphatic rings. The molecule has 31 heavy (non-hydrogen) atoms. The second-order valence-electron chi connectivity index (χ2n) is 7.88. The minimum absolute atomic E-state index is 0.0884. The highest BCUT2D eigenvalue weighted by Crippen LogP contribution is 2.29. The second-order valence-corrected chi connectivity index (χ2v) is 9.79. The lowest BCUT2D eigenvalue weighted by Gasteiger charge is -2.26. The maximum atomic E-state index is 12.3. The Bertz CT molecular complexity index is 1090. The van der Waals surface area contributed by atoms with Crippen LogP contribution in [0.2, 0.25) is 0 Å². The van der Waals surface area contributed by atoms with Crippen LogP contribution in [-0.2, 0) is 29.3 Å². The third kappa shape index (κ3) is 5.74. The molecular formula is C24H31N3O3S. The Morgan fingerprint density at radius 2 is 1.77 bits per heavy atom. The van der Waals surface area contributed by atoms with E-state index in [0.717, 1.165) is 29.8 Å². The number of benzene rings is 2. The van der Waals surface area contributed by atoms with Crippen LogP contribution in [0.4, 0.5) is 0 Å². The van der Waals surface area contributed by atoms with E-state index in [1.807, 2.05) is 48.0 Å². The van der Waals surface area contributed by atoms with Gasteiger partial charge in [-0.25, -0.2) is 13.4 Å². The molecule has 6 nitrogen and oxygen atoms in total. The number of imidazole rings is 1. The van der Waals surface area contributed by atoms with Gasteiger partial charge in [-0.1, -0.05) is 48.5 Å². The molecule has 2 aromatic carbocycles. The van der Waals surface area contributed by atoms with Gasteiger partial charge in [-0.3, -0.25) is 4.90 Å². The summed E-state index contributed by atoms with van der Waals surface area (Å²) in [5.41, 5.74) is 3.22. The molecule has 0 aliphatic heterocycles. The van der Waals surface area contributed by atoms with Gasteiger partial charge in [0.15, 0.2) is 0 Å². The van der Waals surface area contributed by atoms with E-state index in [2.05, 4.69) is 35.0 Å². The van der Waals surface area contributed by atoms with Crippen molar-refractivity contribution >= 4 is 9.84 Å². The summed E-state index contributed by atoms with van der Waals surface area (Å²) in [7, 11) is 0.285. The van der Waals surface area contributed by atoms with Crippen molar-refractivity contribution in [1.82, 2.24) is 14.5 Å². The molecule has 0 saturated heterocycles. The first-order valence-corrected chi connectivity index (χ1v) is 12.3. The molecular weight excluding hydrogens is 410 g/mol. The average molecular weight is 442 g/mol. The van der Waals surface area contributed by atoms with Crippen molar-refractivity contribution in [1.29, 1.82) is 0 Å². The molecule has 1 atom stereocenters. The van der Waals surface area contributed by atoms with Gasteiger partial charge < -0.3 is 9.30 Å². The Kier molecular flexibility index (Phi) is 7.51. The fourth-order valence-electron chi connectivity index (χ4n) is 3.78. The van der Waals surface area contributed by atoms with E-state index in [0.29, 0.717) is 13.1 Å². The smallest absolute Gasteiger partial charge is 0.227 e. The molecule has 3 rings (SSSR count). The monoisotopic (exact) mass is 441 g/mol. The third-order valence-electron chi connectivity index (χ3n) is 5.58. The van der Waals surface area contributed by atoms with Crippen molar-refractivity contribution in [2.45, 2.75) is 44.1 Å². The highest BCUT2D eigenvalue weighted by atomic mass is 32.2. The van der Waals surface area contributed by atoms with Gasteiger partial charge in [-0.2, -0.15) is 0 Å². The summed E-state index contributed by atoms with van der Waals surface area (Å²) in [5, 5.41) is 0.133. The summed E-state index contributed by atoms with van der Waals surface area (Å²) in [6, 6.07) is 18.3. The standard InChI is InChI=1S/C24H31N3O3S/c1-19(22-14-8-9-15-23(22)30-3)26(2)18-21-17-25-24(31(4,28)29)27(21)16-10-13-20-11-6-5-7-12-20/h5-9,11-12,14-15,17,19H,10,13,16,18H2,1-4H3. The van der Waals surface area contributed by atoms with E-state index in [4.69, 9.17) is 4.74 Å². The van der Waals surface area contributed by atoms with Gasteiger partial charge in [-0.05, 0) is 38.4 Å². The van der Waals surface area contributed by atoms with Gasteiger partial charge in [0.2, 0.25) is 15.0 Å². The maximum Gasteiger partial charge on any atom is 0.227 e. The van der Waals surface area contributed by atoms with Crippen LogP contribution in [0.5, 0.6) is 5.75 Å². The molecule has 1 unspecified atom stereocenters. The molecule has 0 aliphatic carbocycles. The molecule has 3 aromatic rings. The Hall–Kier alpha value is -2.64. The summed E-state index contributed by atoms with van der Waals surface area (Å²) in [6.45, 7) is 3.29. The minimum Gasteiger partial charge on any atom is -0.496 e. The van der Waals surface area contributed by atoms with Crippen molar-refractivity contribution in [3.63, 3.8) is 0 Å². The predicted octanol–water partition coefficient (Wildman–Crippen LogP) is 4.12. The second kappa shape index (κ2) is 10.1. The summed E-state index contributed by atoms with van der Waals surface area (Å²) in [5.74, 6) is 0.843. The largest absolute Gasteiger partial charge is 0.496 e. The van der Waals surface area contributed by atoms with Crippen LogP contribution in [0, 0.1) is 0 Å². The fourth-order valence-corrected chi connectivity index (χ4v) is 4.63. The van der Waals surface area contributed by atoms with Gasteiger partial charge in [0.05, 0.1) is 19.0 Å². The molecule has 0 N–H and O–H groups in total. The van der Waals surface area contributed by atoms with Crippen molar-refractivity contribution in [2.75, 3.05) is 20.4 Å². The molecule has 7 heteroatoms. The van der Waals surface area contributed by atoms with Crippen LogP contribution >= 0.6 is 0 Å². The molecule has 1 aromatic heterocycles. The van der Waals surface area contributed by atoms with E-state index in [1.54, 1.807) is 13.3 Å². The highest BCUT2D eigenvalue weighted by Gasteiger charge is 2.22. The highest BCUT2D eigenvalue weighted by molar-refractivity contribution is 7.90. The van der Waals surface area contributed by atoms with Gasteiger partial charge in [0.25, 0.3) is 0 Å². The third-order valence-corrected chi connectivity index (χ3v) is 6.57. The first-order chi connectivity index (χ1) is 14.8. The summed E-state index contributed by atoms with van der Waals surface area (Å²) in [6.07, 6.45) is 4.62. The topological polar surface area (TPSA) is 64.4 Å². The fraction of sp³-hybridized carbons (Fsp3) is 0.375. The van der Waals surface area contributed by atoms with Gasteiger partial charge in [0, 0.05) is 31.0 Å². The molecule has 0 bridgehead atoms. The molecule has 0 amide bonds. The van der Waals surface area contributed by atoms with Crippen LogP contribution < -0.4 is 4.74 Å². The van der Waals surface area contributed by atoms with Gasteiger partial charge in [-0.15, -0.1) is 0 Å². The first kappa shape index (κ1) is 23.0. The summed E-state index contributed by atoms with van der Waals surface area (Å²) < 4.78 is 32.0. The lowest BCUT2D eigenvalue weighted by atomic mass is 10.1. The van der Waals surface area contributed by atoms with Crippen LogP contribution in [0.1, 0.15) is 36.2 Å². The predicted molar refractivity (Wildman–Crippen MR) is 123 cm³/mol. The van der Waals surface area contributed by atoms with Crippen molar-refractivity contribution in [2.24, 2.45) is 0 Å². The van der Waals surface area contributed by atoms with E-state index in [1.165, 1.54) is 11.8 Å². The number of aromatic nitrogens is 2. The number of methoxy groups -OCH3 is 1. The number of rotatable bonds is 10. The molecule has 0 radical (unpaired) electrons. The van der Waals surface area contributed by atoms with Crippen LogP contribution in [-0.4, -0.2) is 43.3 Å². The Morgan fingerprint density at radius 3 is 2.45 bits per heavy atom. The van der Waals surface area contributed by atoms with E-state index in [9.17, 15) is 8.42 Å². The number of sulfone groups is 1. The minimum atomic E-state index is -3.41. The zero-order valence-electron chi connectivity index (χ0n) is 18.7. The summed E-state index contributed by atoms with van der Waals surface area (Å²) >= 11 is 0. The van der Waals surface area contributed by atoms with E-state index >= 15 is 0 Å². The maximum absolute atomic E-state index is 12.3. The van der Waals surface area contributed by atoms with Crippen molar-refractivity contribution < 1.29 is 13.2 Å². The quantitative estimate of drug-likeness (QED) is 0.474. The van der Waals surface area contributed by atoms with Gasteiger partial charge in [0.1, 0.15) is 5.75 Å². The average Bonchev–Trinajstić information content (AvgIpc) is 3.16. The van der Waals surface area contributed by atoms with Crippen LogP contribution in [0.25, 0.3) is 0 Å². The zero-order chi connectivity index (χ0) is 22.4. The Balaban J connectivity index is 1.79. The summed E-state index contributed by atoms with van der Waals surface area (Å²) in [4.78, 5) is 6.43. The number of hydrogen-bond donors (Lipinski definition) is 0.